The van der Waals surface area contributed by atoms with Crippen molar-refractivity contribution < 1.29 is 9.47 Å². The Morgan fingerprint density at radius 1 is 0.650 bits per heavy atom. The number of hydrogen-bond acceptors (Lipinski definition) is 3. The SMILES string of the molecule is CCCCCCCCCCCOCCNCCCOC. The van der Waals surface area contributed by atoms with Crippen molar-refractivity contribution in [2.24, 2.45) is 0 Å². The van der Waals surface area contributed by atoms with E-state index in [2.05, 4.69) is 12.2 Å². The van der Waals surface area contributed by atoms with Gasteiger partial charge in [0.1, 0.15) is 0 Å². The van der Waals surface area contributed by atoms with Gasteiger partial charge in [-0.3, -0.25) is 0 Å². The maximum Gasteiger partial charge on any atom is 0.0590 e. The van der Waals surface area contributed by atoms with Gasteiger partial charge in [-0.05, 0) is 19.4 Å². The van der Waals surface area contributed by atoms with E-state index in [-0.39, 0.29) is 0 Å². The third kappa shape index (κ3) is 17.9. The molecule has 0 saturated carbocycles. The summed E-state index contributed by atoms with van der Waals surface area (Å²) in [4.78, 5) is 0. The maximum absolute atomic E-state index is 5.61. The van der Waals surface area contributed by atoms with Crippen molar-refractivity contribution in [1.29, 1.82) is 0 Å². The first-order valence-electron chi connectivity index (χ1n) is 8.69. The molecular weight excluding hydrogens is 250 g/mol. The van der Waals surface area contributed by atoms with Gasteiger partial charge in [0.05, 0.1) is 6.61 Å². The van der Waals surface area contributed by atoms with E-state index in [1.165, 1.54) is 57.8 Å². The van der Waals surface area contributed by atoms with Crippen LogP contribution in [0.2, 0.25) is 0 Å². The Bertz CT molecular complexity index is 147. The lowest BCUT2D eigenvalue weighted by Crippen LogP contribution is -2.21. The Morgan fingerprint density at radius 2 is 1.30 bits per heavy atom. The van der Waals surface area contributed by atoms with Gasteiger partial charge in [0.25, 0.3) is 0 Å². The summed E-state index contributed by atoms with van der Waals surface area (Å²) in [6, 6.07) is 0. The van der Waals surface area contributed by atoms with Crippen LogP contribution < -0.4 is 5.32 Å². The van der Waals surface area contributed by atoms with E-state index in [1.807, 2.05) is 0 Å². The van der Waals surface area contributed by atoms with Crippen molar-refractivity contribution in [3.63, 3.8) is 0 Å². The molecule has 0 heterocycles. The molecule has 122 valence electrons. The van der Waals surface area contributed by atoms with Crippen LogP contribution in [0.4, 0.5) is 0 Å². The maximum atomic E-state index is 5.61. The van der Waals surface area contributed by atoms with Crippen LogP contribution in [-0.2, 0) is 9.47 Å². The fourth-order valence-corrected chi connectivity index (χ4v) is 2.23. The van der Waals surface area contributed by atoms with Crippen LogP contribution in [0.5, 0.6) is 0 Å². The lowest BCUT2D eigenvalue weighted by atomic mass is 10.1. The number of nitrogens with one attached hydrogen (secondary N) is 1. The number of ether oxygens (including phenoxy) is 2. The minimum Gasteiger partial charge on any atom is -0.385 e. The molecule has 1 N–H and O–H groups in total. The summed E-state index contributed by atoms with van der Waals surface area (Å²) in [7, 11) is 1.74. The van der Waals surface area contributed by atoms with Gasteiger partial charge in [0.2, 0.25) is 0 Å². The van der Waals surface area contributed by atoms with Crippen molar-refractivity contribution in [2.45, 2.75) is 71.1 Å². The molecule has 3 heteroatoms. The topological polar surface area (TPSA) is 30.5 Å². The summed E-state index contributed by atoms with van der Waals surface area (Å²) in [6.07, 6.45) is 13.5. The zero-order chi connectivity index (χ0) is 14.7. The number of hydrogen-bond donors (Lipinski definition) is 1. The van der Waals surface area contributed by atoms with Crippen LogP contribution >= 0.6 is 0 Å². The van der Waals surface area contributed by atoms with Crippen molar-refractivity contribution in [2.75, 3.05) is 40.0 Å². The Hall–Kier alpha value is -0.120. The lowest BCUT2D eigenvalue weighted by Gasteiger charge is -2.06. The molecule has 0 aromatic carbocycles. The van der Waals surface area contributed by atoms with Gasteiger partial charge in [-0.2, -0.15) is 0 Å². The average molecular weight is 287 g/mol. The van der Waals surface area contributed by atoms with E-state index in [4.69, 9.17) is 9.47 Å². The second kappa shape index (κ2) is 18.9. The number of rotatable bonds is 17. The first-order chi connectivity index (χ1) is 9.91. The number of methoxy groups -OCH3 is 1. The van der Waals surface area contributed by atoms with Crippen LogP contribution in [0.25, 0.3) is 0 Å². The van der Waals surface area contributed by atoms with E-state index in [9.17, 15) is 0 Å². The molecule has 0 amide bonds. The van der Waals surface area contributed by atoms with Gasteiger partial charge < -0.3 is 14.8 Å². The Labute approximate surface area is 126 Å². The van der Waals surface area contributed by atoms with E-state index in [0.717, 1.165) is 39.3 Å². The summed E-state index contributed by atoms with van der Waals surface area (Å²) >= 11 is 0. The van der Waals surface area contributed by atoms with Crippen molar-refractivity contribution >= 4 is 0 Å². The largest absolute Gasteiger partial charge is 0.385 e. The van der Waals surface area contributed by atoms with Crippen molar-refractivity contribution in [1.82, 2.24) is 5.32 Å². The first kappa shape index (κ1) is 19.9. The van der Waals surface area contributed by atoms with E-state index in [1.54, 1.807) is 7.11 Å². The molecule has 3 nitrogen and oxygen atoms in total. The summed E-state index contributed by atoms with van der Waals surface area (Å²) in [5.41, 5.74) is 0. The van der Waals surface area contributed by atoms with Crippen LogP contribution in [0.1, 0.15) is 71.1 Å². The van der Waals surface area contributed by atoms with E-state index < -0.39 is 0 Å². The molecular formula is C17H37NO2. The molecule has 0 fully saturated rings. The molecule has 0 atom stereocenters. The third-order valence-corrected chi connectivity index (χ3v) is 3.52. The Balaban J connectivity index is 2.89. The highest BCUT2D eigenvalue weighted by Crippen LogP contribution is 2.09. The summed E-state index contributed by atoms with van der Waals surface area (Å²) in [5, 5.41) is 3.35. The molecule has 0 aromatic rings. The summed E-state index contributed by atoms with van der Waals surface area (Å²) in [5.74, 6) is 0. The average Bonchev–Trinajstić information content (AvgIpc) is 2.47. The predicted molar refractivity (Wildman–Crippen MR) is 87.4 cm³/mol. The molecule has 0 aliphatic carbocycles. The smallest absolute Gasteiger partial charge is 0.0590 e. The van der Waals surface area contributed by atoms with Crippen molar-refractivity contribution in [3.8, 4) is 0 Å². The fraction of sp³-hybridized carbons (Fsp3) is 1.00. The predicted octanol–water partition coefficient (Wildman–Crippen LogP) is 4.16. The van der Waals surface area contributed by atoms with Gasteiger partial charge in [-0.1, -0.05) is 58.3 Å². The second-order valence-electron chi connectivity index (χ2n) is 5.54. The molecule has 0 bridgehead atoms. The van der Waals surface area contributed by atoms with Gasteiger partial charge in [-0.25, -0.2) is 0 Å². The van der Waals surface area contributed by atoms with Crippen LogP contribution in [0, 0.1) is 0 Å². The Kier molecular flexibility index (Phi) is 18.8. The lowest BCUT2D eigenvalue weighted by molar-refractivity contribution is 0.130. The first-order valence-corrected chi connectivity index (χ1v) is 8.69. The van der Waals surface area contributed by atoms with Crippen LogP contribution in [0.3, 0.4) is 0 Å². The zero-order valence-electron chi connectivity index (χ0n) is 13.9. The zero-order valence-corrected chi connectivity index (χ0v) is 13.9. The van der Waals surface area contributed by atoms with Crippen molar-refractivity contribution in [3.05, 3.63) is 0 Å². The third-order valence-electron chi connectivity index (χ3n) is 3.52. The minimum absolute atomic E-state index is 0.837. The summed E-state index contributed by atoms with van der Waals surface area (Å²) in [6.45, 7) is 6.86. The normalized spacial score (nSPS) is 11.1. The molecule has 0 rings (SSSR count). The fourth-order valence-electron chi connectivity index (χ4n) is 2.23. The highest BCUT2D eigenvalue weighted by molar-refractivity contribution is 4.48. The minimum atomic E-state index is 0.837. The molecule has 0 saturated heterocycles. The standard InChI is InChI=1S/C17H37NO2/c1-3-4-5-6-7-8-9-10-11-16-20-17-14-18-13-12-15-19-2/h18H,3-17H2,1-2H3. The molecule has 0 aliphatic heterocycles. The van der Waals surface area contributed by atoms with Crippen LogP contribution in [-0.4, -0.2) is 40.0 Å². The molecule has 0 aliphatic rings. The highest BCUT2D eigenvalue weighted by atomic mass is 16.5. The molecule has 0 radical (unpaired) electrons. The van der Waals surface area contributed by atoms with Gasteiger partial charge >= 0.3 is 0 Å². The van der Waals surface area contributed by atoms with Gasteiger partial charge in [-0.15, -0.1) is 0 Å². The second-order valence-corrected chi connectivity index (χ2v) is 5.54. The molecule has 20 heavy (non-hydrogen) atoms. The number of unbranched alkanes of at least 4 members (excludes halogenated alkanes) is 8. The molecule has 0 unspecified atom stereocenters. The van der Waals surface area contributed by atoms with E-state index in [0.29, 0.717) is 0 Å². The molecule has 0 aromatic heterocycles. The summed E-state index contributed by atoms with van der Waals surface area (Å²) < 4.78 is 10.6. The van der Waals surface area contributed by atoms with E-state index >= 15 is 0 Å². The monoisotopic (exact) mass is 287 g/mol. The Morgan fingerprint density at radius 3 is 1.95 bits per heavy atom. The van der Waals surface area contributed by atoms with Crippen LogP contribution in [0.15, 0.2) is 0 Å². The van der Waals surface area contributed by atoms with Gasteiger partial charge in [0, 0.05) is 26.9 Å². The van der Waals surface area contributed by atoms with Gasteiger partial charge in [0.15, 0.2) is 0 Å². The molecule has 0 spiro atoms. The highest BCUT2D eigenvalue weighted by Gasteiger charge is 1.93. The quantitative estimate of drug-likeness (QED) is 0.407.